The number of ether oxygens (including phenoxy) is 1. The minimum Gasteiger partial charge on any atom is -0.495 e. The molecule has 8 nitrogen and oxygen atoms in total. The summed E-state index contributed by atoms with van der Waals surface area (Å²) >= 11 is 1.29. The summed E-state index contributed by atoms with van der Waals surface area (Å²) in [5, 5.41) is 12.0. The molecular weight excluding hydrogens is 388 g/mol. The molecule has 0 radical (unpaired) electrons. The second-order valence-electron chi connectivity index (χ2n) is 5.93. The minimum atomic E-state index is -0.166. The van der Waals surface area contributed by atoms with Crippen molar-refractivity contribution in [2.24, 2.45) is 0 Å². The fourth-order valence-corrected chi connectivity index (χ4v) is 3.48. The Morgan fingerprint density at radius 2 is 1.86 bits per heavy atom. The number of nitrogens with one attached hydrogen (secondary N) is 1. The van der Waals surface area contributed by atoms with Gasteiger partial charge in [-0.1, -0.05) is 30.0 Å². The minimum absolute atomic E-state index is 0.166. The first-order chi connectivity index (χ1) is 14.3. The maximum Gasteiger partial charge on any atom is 0.234 e. The number of para-hydroxylation sites is 2. The van der Waals surface area contributed by atoms with Crippen molar-refractivity contribution in [3.8, 4) is 17.3 Å². The van der Waals surface area contributed by atoms with Crippen LogP contribution < -0.4 is 10.1 Å². The summed E-state index contributed by atoms with van der Waals surface area (Å²) in [6, 6.07) is 16.7. The molecule has 0 atom stereocenters. The van der Waals surface area contributed by atoms with Crippen molar-refractivity contribution < 1.29 is 9.53 Å². The first kappa shape index (κ1) is 18.8. The summed E-state index contributed by atoms with van der Waals surface area (Å²) in [5.74, 6) is 1.20. The standard InChI is InChI=1S/C20H18N6O2S/c1-28-17-10-3-2-8-15(17)22-18(27)14-29-20-24-23-19(16-9-4-5-11-21-16)26(20)25-12-6-7-13-25/h2-13H,14H2,1H3,(H,22,27). The van der Waals surface area contributed by atoms with Gasteiger partial charge in [0, 0.05) is 18.6 Å². The molecule has 4 aromatic rings. The molecule has 3 aromatic heterocycles. The van der Waals surface area contributed by atoms with Crippen LogP contribution in [0.2, 0.25) is 0 Å². The molecule has 0 fully saturated rings. The molecule has 0 aliphatic rings. The summed E-state index contributed by atoms with van der Waals surface area (Å²) in [6.45, 7) is 0. The zero-order valence-corrected chi connectivity index (χ0v) is 16.4. The van der Waals surface area contributed by atoms with Crippen LogP contribution >= 0.6 is 11.8 Å². The monoisotopic (exact) mass is 406 g/mol. The molecule has 0 spiro atoms. The molecule has 0 saturated carbocycles. The number of rotatable bonds is 7. The summed E-state index contributed by atoms with van der Waals surface area (Å²) in [4.78, 5) is 16.8. The second-order valence-corrected chi connectivity index (χ2v) is 6.88. The van der Waals surface area contributed by atoms with Gasteiger partial charge in [-0.3, -0.25) is 14.5 Å². The highest BCUT2D eigenvalue weighted by molar-refractivity contribution is 7.99. The molecule has 146 valence electrons. The van der Waals surface area contributed by atoms with Crippen molar-refractivity contribution in [3.05, 3.63) is 73.2 Å². The lowest BCUT2D eigenvalue weighted by Gasteiger charge is -2.11. The van der Waals surface area contributed by atoms with Gasteiger partial charge in [0.05, 0.1) is 18.6 Å². The molecule has 0 unspecified atom stereocenters. The van der Waals surface area contributed by atoms with Crippen LogP contribution in [0.5, 0.6) is 5.75 Å². The molecule has 29 heavy (non-hydrogen) atoms. The van der Waals surface area contributed by atoms with Crippen molar-refractivity contribution in [1.29, 1.82) is 0 Å². The highest BCUT2D eigenvalue weighted by atomic mass is 32.2. The fourth-order valence-electron chi connectivity index (χ4n) is 2.74. The van der Waals surface area contributed by atoms with E-state index in [-0.39, 0.29) is 11.7 Å². The predicted octanol–water partition coefficient (Wildman–Crippen LogP) is 3.19. The van der Waals surface area contributed by atoms with Crippen LogP contribution in [0.15, 0.2) is 78.3 Å². The van der Waals surface area contributed by atoms with Crippen LogP contribution in [0.1, 0.15) is 0 Å². The van der Waals surface area contributed by atoms with Crippen LogP contribution in [0.3, 0.4) is 0 Å². The number of carbonyl (C=O) groups is 1. The Kier molecular flexibility index (Phi) is 5.57. The lowest BCUT2D eigenvalue weighted by Crippen LogP contribution is -2.16. The largest absolute Gasteiger partial charge is 0.495 e. The molecule has 1 N–H and O–H groups in total. The number of anilines is 1. The van der Waals surface area contributed by atoms with Crippen LogP contribution in [0.25, 0.3) is 11.5 Å². The van der Waals surface area contributed by atoms with Crippen molar-refractivity contribution in [3.63, 3.8) is 0 Å². The van der Waals surface area contributed by atoms with Gasteiger partial charge in [0.2, 0.25) is 16.9 Å². The average Bonchev–Trinajstić information content (AvgIpc) is 3.43. The maximum atomic E-state index is 12.5. The molecule has 0 bridgehead atoms. The smallest absolute Gasteiger partial charge is 0.234 e. The Bertz CT molecular complexity index is 1100. The molecule has 1 amide bonds. The van der Waals surface area contributed by atoms with Crippen LogP contribution in [0, 0.1) is 0 Å². The third kappa shape index (κ3) is 4.14. The number of hydrogen-bond donors (Lipinski definition) is 1. The van der Waals surface area contributed by atoms with Gasteiger partial charge < -0.3 is 10.1 Å². The van der Waals surface area contributed by atoms with Gasteiger partial charge >= 0.3 is 0 Å². The first-order valence-electron chi connectivity index (χ1n) is 8.82. The van der Waals surface area contributed by atoms with E-state index in [1.165, 1.54) is 11.8 Å². The van der Waals surface area contributed by atoms with E-state index in [0.717, 1.165) is 0 Å². The molecule has 0 saturated heterocycles. The summed E-state index contributed by atoms with van der Waals surface area (Å²) in [6.07, 6.45) is 5.47. The highest BCUT2D eigenvalue weighted by Crippen LogP contribution is 2.25. The fraction of sp³-hybridized carbons (Fsp3) is 0.100. The Labute approximate surface area is 171 Å². The van der Waals surface area contributed by atoms with Crippen LogP contribution in [0.4, 0.5) is 5.69 Å². The third-order valence-corrected chi connectivity index (χ3v) is 4.96. The normalized spacial score (nSPS) is 10.7. The summed E-state index contributed by atoms with van der Waals surface area (Å²) in [7, 11) is 1.57. The van der Waals surface area contributed by atoms with Gasteiger partial charge in [-0.15, -0.1) is 10.2 Å². The van der Waals surface area contributed by atoms with Crippen molar-refractivity contribution >= 4 is 23.4 Å². The van der Waals surface area contributed by atoms with E-state index in [0.29, 0.717) is 28.1 Å². The Balaban J connectivity index is 1.55. The topological polar surface area (TPSA) is 86.9 Å². The molecule has 3 heterocycles. The number of nitrogens with zero attached hydrogens (tertiary/aromatic N) is 5. The Hall–Kier alpha value is -3.59. The van der Waals surface area contributed by atoms with E-state index in [1.807, 2.05) is 64.2 Å². The number of methoxy groups -OCH3 is 1. The van der Waals surface area contributed by atoms with E-state index < -0.39 is 0 Å². The van der Waals surface area contributed by atoms with Gasteiger partial charge in [-0.05, 0) is 36.4 Å². The van der Waals surface area contributed by atoms with Crippen LogP contribution in [-0.2, 0) is 4.79 Å². The Morgan fingerprint density at radius 1 is 1.07 bits per heavy atom. The van der Waals surface area contributed by atoms with Crippen molar-refractivity contribution in [2.75, 3.05) is 18.2 Å². The predicted molar refractivity (Wildman–Crippen MR) is 111 cm³/mol. The Morgan fingerprint density at radius 3 is 2.62 bits per heavy atom. The summed E-state index contributed by atoms with van der Waals surface area (Å²) in [5.41, 5.74) is 1.32. The van der Waals surface area contributed by atoms with Gasteiger partial charge in [-0.2, -0.15) is 0 Å². The zero-order valence-electron chi connectivity index (χ0n) is 15.6. The van der Waals surface area contributed by atoms with Crippen molar-refractivity contribution in [1.82, 2.24) is 24.5 Å². The van der Waals surface area contributed by atoms with E-state index in [9.17, 15) is 4.79 Å². The first-order valence-corrected chi connectivity index (χ1v) is 9.81. The number of thioether (sulfide) groups is 1. The molecule has 4 rings (SSSR count). The SMILES string of the molecule is COc1ccccc1NC(=O)CSc1nnc(-c2ccccn2)n1-n1cccc1. The van der Waals surface area contributed by atoms with E-state index in [1.54, 1.807) is 25.4 Å². The van der Waals surface area contributed by atoms with E-state index in [4.69, 9.17) is 4.74 Å². The number of pyridine rings is 1. The number of amides is 1. The van der Waals surface area contributed by atoms with Gasteiger partial charge in [0.25, 0.3) is 0 Å². The third-order valence-electron chi connectivity index (χ3n) is 4.04. The molecule has 0 aliphatic heterocycles. The maximum absolute atomic E-state index is 12.5. The van der Waals surface area contributed by atoms with Gasteiger partial charge in [-0.25, -0.2) is 4.68 Å². The van der Waals surface area contributed by atoms with Crippen LogP contribution in [-0.4, -0.2) is 43.3 Å². The number of hydrogen-bond acceptors (Lipinski definition) is 6. The lowest BCUT2D eigenvalue weighted by molar-refractivity contribution is -0.113. The van der Waals surface area contributed by atoms with Gasteiger partial charge in [0.15, 0.2) is 0 Å². The highest BCUT2D eigenvalue weighted by Gasteiger charge is 2.18. The van der Waals surface area contributed by atoms with E-state index >= 15 is 0 Å². The van der Waals surface area contributed by atoms with E-state index in [2.05, 4.69) is 20.5 Å². The molecular formula is C20H18N6O2S. The average molecular weight is 406 g/mol. The lowest BCUT2D eigenvalue weighted by atomic mass is 10.3. The van der Waals surface area contributed by atoms with Crippen molar-refractivity contribution in [2.45, 2.75) is 5.16 Å². The molecule has 9 heteroatoms. The quantitative estimate of drug-likeness (QED) is 0.474. The zero-order chi connectivity index (χ0) is 20.1. The molecule has 1 aromatic carbocycles. The second kappa shape index (κ2) is 8.61. The number of carbonyl (C=O) groups excluding carboxylic acids is 1. The summed E-state index contributed by atoms with van der Waals surface area (Å²) < 4.78 is 8.95. The van der Waals surface area contributed by atoms with Gasteiger partial charge in [0.1, 0.15) is 11.4 Å². The number of benzene rings is 1. The molecule has 0 aliphatic carbocycles. The number of aromatic nitrogens is 5.